The van der Waals surface area contributed by atoms with Crippen LogP contribution >= 0.6 is 11.6 Å². The van der Waals surface area contributed by atoms with Crippen LogP contribution in [0.15, 0.2) is 18.2 Å². The fourth-order valence-corrected chi connectivity index (χ4v) is 3.00. The number of halogens is 1. The van der Waals surface area contributed by atoms with Crippen LogP contribution in [0.4, 0.5) is 5.69 Å². The monoisotopic (exact) mass is 295 g/mol. The minimum atomic E-state index is 0.851. The van der Waals surface area contributed by atoms with Crippen LogP contribution in [-0.4, -0.2) is 44.7 Å². The van der Waals surface area contributed by atoms with Crippen molar-refractivity contribution in [2.24, 2.45) is 0 Å². The van der Waals surface area contributed by atoms with E-state index in [2.05, 4.69) is 47.3 Å². The summed E-state index contributed by atoms with van der Waals surface area (Å²) in [5, 5.41) is 4.18. The molecule has 1 saturated heterocycles. The van der Waals surface area contributed by atoms with E-state index in [4.69, 9.17) is 11.6 Å². The third-order valence-corrected chi connectivity index (χ3v) is 4.26. The summed E-state index contributed by atoms with van der Waals surface area (Å²) in [4.78, 5) is 4.79. The van der Waals surface area contributed by atoms with E-state index in [1.165, 1.54) is 31.5 Å². The minimum absolute atomic E-state index is 0.851. The number of hydrogen-bond acceptors (Lipinski definition) is 3. The van der Waals surface area contributed by atoms with Crippen molar-refractivity contribution in [3.63, 3.8) is 0 Å². The third kappa shape index (κ3) is 4.37. The van der Waals surface area contributed by atoms with Crippen LogP contribution in [0.1, 0.15) is 25.3 Å². The summed E-state index contributed by atoms with van der Waals surface area (Å²) in [7, 11) is 2.13. The van der Waals surface area contributed by atoms with Gasteiger partial charge in [0.25, 0.3) is 0 Å². The van der Waals surface area contributed by atoms with Gasteiger partial charge in [-0.1, -0.05) is 24.6 Å². The fourth-order valence-electron chi connectivity index (χ4n) is 2.66. The van der Waals surface area contributed by atoms with Crippen molar-refractivity contribution in [1.29, 1.82) is 0 Å². The lowest BCUT2D eigenvalue weighted by molar-refractivity contribution is 0.346. The quantitative estimate of drug-likeness (QED) is 0.834. The molecule has 0 aliphatic carbocycles. The summed E-state index contributed by atoms with van der Waals surface area (Å²) >= 11 is 6.42. The highest BCUT2D eigenvalue weighted by atomic mass is 35.5. The van der Waals surface area contributed by atoms with Gasteiger partial charge < -0.3 is 15.1 Å². The van der Waals surface area contributed by atoms with E-state index in [1.54, 1.807) is 0 Å². The van der Waals surface area contributed by atoms with Crippen molar-refractivity contribution in [2.75, 3.05) is 44.7 Å². The molecule has 1 aromatic rings. The molecule has 0 bridgehead atoms. The molecule has 0 spiro atoms. The predicted octanol–water partition coefficient (Wildman–Crippen LogP) is 2.98. The molecule has 0 radical (unpaired) electrons. The predicted molar refractivity (Wildman–Crippen MR) is 87.8 cm³/mol. The molecule has 4 heteroatoms. The Bertz CT molecular complexity index is 416. The molecule has 1 aliphatic heterocycles. The summed E-state index contributed by atoms with van der Waals surface area (Å²) in [5.74, 6) is 0. The second-order valence-electron chi connectivity index (χ2n) is 5.54. The van der Waals surface area contributed by atoms with Gasteiger partial charge in [0.15, 0.2) is 0 Å². The molecule has 1 heterocycles. The zero-order valence-electron chi connectivity index (χ0n) is 12.7. The van der Waals surface area contributed by atoms with Crippen LogP contribution in [0.3, 0.4) is 0 Å². The molecule has 112 valence electrons. The van der Waals surface area contributed by atoms with Crippen molar-refractivity contribution < 1.29 is 0 Å². The molecule has 0 atom stereocenters. The van der Waals surface area contributed by atoms with E-state index in [-0.39, 0.29) is 0 Å². The van der Waals surface area contributed by atoms with Gasteiger partial charge in [-0.15, -0.1) is 0 Å². The first-order chi connectivity index (χ1) is 9.70. The number of nitrogens with zero attached hydrogens (tertiary/aromatic N) is 2. The van der Waals surface area contributed by atoms with Crippen molar-refractivity contribution >= 4 is 17.3 Å². The Kier molecular flexibility index (Phi) is 6.14. The maximum absolute atomic E-state index is 6.42. The molecule has 0 aromatic heterocycles. The smallest absolute Gasteiger partial charge is 0.0642 e. The Hall–Kier alpha value is -0.770. The third-order valence-electron chi connectivity index (χ3n) is 3.95. The van der Waals surface area contributed by atoms with E-state index in [0.717, 1.165) is 36.9 Å². The lowest BCUT2D eigenvalue weighted by atomic mass is 10.2. The molecule has 1 fully saturated rings. The van der Waals surface area contributed by atoms with Crippen molar-refractivity contribution in [1.82, 2.24) is 10.2 Å². The zero-order valence-corrected chi connectivity index (χ0v) is 13.4. The topological polar surface area (TPSA) is 18.5 Å². The standard InChI is InChI=1S/C16H26ClN3/c1-3-18-13-14-6-7-16(15(17)12-14)19(2)10-11-20-8-4-5-9-20/h6-7,12,18H,3-5,8-11,13H2,1-2H3. The van der Waals surface area contributed by atoms with Crippen molar-refractivity contribution in [2.45, 2.75) is 26.3 Å². The van der Waals surface area contributed by atoms with Gasteiger partial charge >= 0.3 is 0 Å². The highest BCUT2D eigenvalue weighted by Crippen LogP contribution is 2.26. The Morgan fingerprint density at radius 2 is 2.05 bits per heavy atom. The van der Waals surface area contributed by atoms with Gasteiger partial charge in [-0.05, 0) is 50.2 Å². The summed E-state index contributed by atoms with van der Waals surface area (Å²) < 4.78 is 0. The number of benzene rings is 1. The Morgan fingerprint density at radius 1 is 1.30 bits per heavy atom. The number of rotatable bonds is 7. The molecular formula is C16H26ClN3. The first kappa shape index (κ1) is 15.6. The van der Waals surface area contributed by atoms with Gasteiger partial charge in [0.2, 0.25) is 0 Å². The van der Waals surface area contributed by atoms with Gasteiger partial charge in [-0.2, -0.15) is 0 Å². The van der Waals surface area contributed by atoms with Crippen LogP contribution < -0.4 is 10.2 Å². The summed E-state index contributed by atoms with van der Waals surface area (Å²) in [6, 6.07) is 6.38. The maximum Gasteiger partial charge on any atom is 0.0642 e. The van der Waals surface area contributed by atoms with Gasteiger partial charge in [0.1, 0.15) is 0 Å². The number of likely N-dealkylation sites (tertiary alicyclic amines) is 1. The van der Waals surface area contributed by atoms with Crippen molar-refractivity contribution in [3.05, 3.63) is 28.8 Å². The molecular weight excluding hydrogens is 270 g/mol. The maximum atomic E-state index is 6.42. The molecule has 1 N–H and O–H groups in total. The molecule has 1 aromatic carbocycles. The van der Waals surface area contributed by atoms with Crippen molar-refractivity contribution in [3.8, 4) is 0 Å². The average molecular weight is 296 g/mol. The largest absolute Gasteiger partial charge is 0.372 e. The lowest BCUT2D eigenvalue weighted by Crippen LogP contribution is -2.31. The molecule has 0 unspecified atom stereocenters. The number of likely N-dealkylation sites (N-methyl/N-ethyl adjacent to an activating group) is 1. The fraction of sp³-hybridized carbons (Fsp3) is 0.625. The van der Waals surface area contributed by atoms with Gasteiger partial charge in [0, 0.05) is 26.7 Å². The molecule has 1 aliphatic rings. The zero-order chi connectivity index (χ0) is 14.4. The molecule has 20 heavy (non-hydrogen) atoms. The average Bonchev–Trinajstić information content (AvgIpc) is 2.96. The summed E-state index contributed by atoms with van der Waals surface area (Å²) in [6.07, 6.45) is 2.70. The normalized spacial score (nSPS) is 15.8. The van der Waals surface area contributed by atoms with Gasteiger partial charge in [-0.25, -0.2) is 0 Å². The first-order valence-electron chi connectivity index (χ1n) is 7.63. The SMILES string of the molecule is CCNCc1ccc(N(C)CCN2CCCC2)c(Cl)c1. The van der Waals surface area contributed by atoms with E-state index in [0.29, 0.717) is 0 Å². The number of anilines is 1. The van der Waals surface area contributed by atoms with E-state index in [9.17, 15) is 0 Å². The van der Waals surface area contributed by atoms with E-state index >= 15 is 0 Å². The van der Waals surface area contributed by atoms with Crippen LogP contribution in [0.2, 0.25) is 5.02 Å². The highest BCUT2D eigenvalue weighted by Gasteiger charge is 2.13. The van der Waals surface area contributed by atoms with Gasteiger partial charge in [0.05, 0.1) is 10.7 Å². The van der Waals surface area contributed by atoms with Crippen LogP contribution in [-0.2, 0) is 6.54 Å². The Morgan fingerprint density at radius 3 is 2.70 bits per heavy atom. The molecule has 2 rings (SSSR count). The Balaban J connectivity index is 1.89. The highest BCUT2D eigenvalue weighted by molar-refractivity contribution is 6.33. The Labute approximate surface area is 127 Å². The van der Waals surface area contributed by atoms with Crippen LogP contribution in [0.25, 0.3) is 0 Å². The van der Waals surface area contributed by atoms with Gasteiger partial charge in [-0.3, -0.25) is 0 Å². The molecule has 3 nitrogen and oxygen atoms in total. The number of hydrogen-bond donors (Lipinski definition) is 1. The lowest BCUT2D eigenvalue weighted by Gasteiger charge is -2.24. The van der Waals surface area contributed by atoms with E-state index in [1.807, 2.05) is 0 Å². The molecule has 0 amide bonds. The van der Waals surface area contributed by atoms with E-state index < -0.39 is 0 Å². The van der Waals surface area contributed by atoms with Crippen LogP contribution in [0.5, 0.6) is 0 Å². The van der Waals surface area contributed by atoms with Crippen LogP contribution in [0, 0.1) is 0 Å². The second-order valence-corrected chi connectivity index (χ2v) is 5.94. The number of nitrogens with one attached hydrogen (secondary N) is 1. The summed E-state index contributed by atoms with van der Waals surface area (Å²) in [5.41, 5.74) is 2.37. The summed E-state index contributed by atoms with van der Waals surface area (Å²) in [6.45, 7) is 8.65. The molecule has 0 saturated carbocycles. The second kappa shape index (κ2) is 7.87. The first-order valence-corrected chi connectivity index (χ1v) is 8.01. The minimum Gasteiger partial charge on any atom is -0.372 e.